The zero-order valence-electron chi connectivity index (χ0n) is 22.3. The minimum absolute atomic E-state index is 0.855. The summed E-state index contributed by atoms with van der Waals surface area (Å²) in [5.74, 6) is 1.71. The van der Waals surface area contributed by atoms with Crippen LogP contribution >= 0.6 is 0 Å². The van der Waals surface area contributed by atoms with Gasteiger partial charge >= 0.3 is 0 Å². The Morgan fingerprint density at radius 1 is 0.429 bits per heavy atom. The second-order valence-electron chi connectivity index (χ2n) is 10.4. The minimum atomic E-state index is 0.855. The van der Waals surface area contributed by atoms with Gasteiger partial charge in [-0.1, -0.05) is 54.6 Å². The van der Waals surface area contributed by atoms with Gasteiger partial charge in [0.15, 0.2) is 0 Å². The van der Waals surface area contributed by atoms with Crippen molar-refractivity contribution in [1.82, 2.24) is 19.1 Å². The second-order valence-corrected chi connectivity index (χ2v) is 10.4. The van der Waals surface area contributed by atoms with Gasteiger partial charge in [-0.05, 0) is 54.6 Å². The lowest BCUT2D eigenvalue weighted by atomic mass is 10.1. The van der Waals surface area contributed by atoms with Gasteiger partial charge in [0.1, 0.15) is 34.0 Å². The van der Waals surface area contributed by atoms with Crippen molar-refractivity contribution < 1.29 is 8.83 Å². The van der Waals surface area contributed by atoms with Crippen molar-refractivity contribution in [2.45, 2.75) is 0 Å². The summed E-state index contributed by atoms with van der Waals surface area (Å²) in [7, 11) is 0. The zero-order valence-corrected chi connectivity index (χ0v) is 22.3. The molecular formula is C36H22N4O2. The monoisotopic (exact) mass is 542 g/mol. The highest BCUT2D eigenvalue weighted by atomic mass is 16.3. The van der Waals surface area contributed by atoms with E-state index in [0.717, 1.165) is 78.0 Å². The predicted molar refractivity (Wildman–Crippen MR) is 166 cm³/mol. The normalized spacial score (nSPS) is 11.8. The van der Waals surface area contributed by atoms with Gasteiger partial charge in [0, 0.05) is 68.8 Å². The number of imidazole rings is 2. The van der Waals surface area contributed by atoms with E-state index in [1.165, 1.54) is 0 Å². The highest BCUT2D eigenvalue weighted by Gasteiger charge is 2.15. The van der Waals surface area contributed by atoms with Gasteiger partial charge in [0.2, 0.25) is 0 Å². The number of hydrogen-bond donors (Lipinski definition) is 0. The van der Waals surface area contributed by atoms with Gasteiger partial charge in [-0.3, -0.25) is 9.13 Å². The number of rotatable bonds is 4. The largest absolute Gasteiger partial charge is 0.456 e. The van der Waals surface area contributed by atoms with Crippen LogP contribution in [-0.2, 0) is 0 Å². The maximum Gasteiger partial charge on any atom is 0.144 e. The van der Waals surface area contributed by atoms with E-state index in [1.54, 1.807) is 0 Å². The Hall–Kier alpha value is -5.88. The third-order valence-electron chi connectivity index (χ3n) is 7.94. The van der Waals surface area contributed by atoms with Crippen molar-refractivity contribution in [2.24, 2.45) is 0 Å². The third-order valence-corrected chi connectivity index (χ3v) is 7.94. The fourth-order valence-electron chi connectivity index (χ4n) is 5.98. The Labute approximate surface area is 239 Å². The molecule has 42 heavy (non-hydrogen) atoms. The molecule has 0 saturated heterocycles. The first kappa shape index (κ1) is 22.9. The van der Waals surface area contributed by atoms with Crippen LogP contribution < -0.4 is 0 Å². The average molecular weight is 543 g/mol. The summed E-state index contributed by atoms with van der Waals surface area (Å²) in [5, 5.41) is 4.37. The molecule has 0 aliphatic carbocycles. The van der Waals surface area contributed by atoms with Crippen LogP contribution in [-0.4, -0.2) is 19.1 Å². The molecule has 4 aromatic heterocycles. The summed E-state index contributed by atoms with van der Waals surface area (Å²) in [4.78, 5) is 9.51. The summed E-state index contributed by atoms with van der Waals surface area (Å²) in [5.41, 5.74) is 7.57. The molecule has 0 saturated carbocycles. The Bertz CT molecular complexity index is 2270. The van der Waals surface area contributed by atoms with E-state index in [9.17, 15) is 0 Å². The van der Waals surface area contributed by atoms with E-state index < -0.39 is 0 Å². The van der Waals surface area contributed by atoms with E-state index >= 15 is 0 Å². The minimum Gasteiger partial charge on any atom is -0.456 e. The van der Waals surface area contributed by atoms with E-state index in [4.69, 9.17) is 18.8 Å². The number of fused-ring (bicyclic) bond motifs is 6. The predicted octanol–water partition coefficient (Wildman–Crippen LogP) is 9.19. The topological polar surface area (TPSA) is 61.9 Å². The molecule has 6 nitrogen and oxygen atoms in total. The molecule has 0 radical (unpaired) electrons. The molecule has 0 N–H and O–H groups in total. The van der Waals surface area contributed by atoms with E-state index in [1.807, 2.05) is 73.3 Å². The molecule has 0 fully saturated rings. The van der Waals surface area contributed by atoms with Gasteiger partial charge in [-0.25, -0.2) is 9.97 Å². The number of para-hydroxylation sites is 2. The highest BCUT2D eigenvalue weighted by molar-refractivity contribution is 6.06. The third kappa shape index (κ3) is 3.45. The first-order valence-corrected chi connectivity index (χ1v) is 13.8. The molecule has 0 aliphatic rings. The summed E-state index contributed by atoms with van der Waals surface area (Å²) >= 11 is 0. The quantitative estimate of drug-likeness (QED) is 0.222. The summed E-state index contributed by atoms with van der Waals surface area (Å²) in [6.07, 6.45) is 7.67. The summed E-state index contributed by atoms with van der Waals surface area (Å²) in [6.45, 7) is 0. The van der Waals surface area contributed by atoms with Gasteiger partial charge in [-0.15, -0.1) is 0 Å². The van der Waals surface area contributed by atoms with Crippen molar-refractivity contribution in [1.29, 1.82) is 0 Å². The SMILES string of the molecule is c1cc(-c2nccn2-c2ccc3oc4ccccc4c3c2)cc(-c2nccn2-c2ccc3oc4ccccc4c3c2)c1. The Morgan fingerprint density at radius 2 is 0.905 bits per heavy atom. The lowest BCUT2D eigenvalue weighted by Gasteiger charge is -2.11. The number of benzene rings is 5. The molecule has 4 heterocycles. The van der Waals surface area contributed by atoms with Crippen LogP contribution in [0.3, 0.4) is 0 Å². The first-order chi connectivity index (χ1) is 20.8. The van der Waals surface area contributed by atoms with Crippen LogP contribution in [0, 0.1) is 0 Å². The van der Waals surface area contributed by atoms with Crippen molar-refractivity contribution in [3.63, 3.8) is 0 Å². The maximum atomic E-state index is 6.05. The Kier molecular flexibility index (Phi) is 4.80. The molecule has 0 spiro atoms. The standard InChI is InChI=1S/C36H22N4O2/c1-3-10-31-27(8-1)29-21-25(12-14-33(29)41-31)39-18-16-37-35(39)23-6-5-7-24(20-23)36-38-17-19-40(36)26-13-15-34-30(22-26)28-9-2-4-11-32(28)42-34/h1-22H. The average Bonchev–Trinajstić information content (AvgIpc) is 3.84. The number of aromatic nitrogens is 4. The first-order valence-electron chi connectivity index (χ1n) is 13.8. The molecule has 0 amide bonds. The Balaban J connectivity index is 1.13. The molecule has 198 valence electrons. The zero-order chi connectivity index (χ0) is 27.6. The van der Waals surface area contributed by atoms with Gasteiger partial charge in [0.25, 0.3) is 0 Å². The van der Waals surface area contributed by atoms with Crippen LogP contribution in [0.2, 0.25) is 0 Å². The number of furan rings is 2. The van der Waals surface area contributed by atoms with Crippen LogP contribution in [0.1, 0.15) is 0 Å². The molecular weight excluding hydrogens is 520 g/mol. The molecule has 5 aromatic carbocycles. The fraction of sp³-hybridized carbons (Fsp3) is 0. The van der Waals surface area contributed by atoms with Gasteiger partial charge in [0.05, 0.1) is 0 Å². The molecule has 9 rings (SSSR count). The van der Waals surface area contributed by atoms with Crippen molar-refractivity contribution in [2.75, 3.05) is 0 Å². The number of nitrogens with zero attached hydrogens (tertiary/aromatic N) is 4. The second kappa shape index (κ2) is 8.81. The summed E-state index contributed by atoms with van der Waals surface area (Å²) in [6, 6.07) is 37.2. The molecule has 0 aliphatic heterocycles. The van der Waals surface area contributed by atoms with E-state index in [0.29, 0.717) is 0 Å². The van der Waals surface area contributed by atoms with Crippen LogP contribution in [0.15, 0.2) is 143 Å². The van der Waals surface area contributed by atoms with Crippen molar-refractivity contribution in [3.8, 4) is 34.2 Å². The molecule has 6 heteroatoms. The van der Waals surface area contributed by atoms with Gasteiger partial charge in [-0.2, -0.15) is 0 Å². The lowest BCUT2D eigenvalue weighted by Crippen LogP contribution is -1.98. The van der Waals surface area contributed by atoms with Gasteiger partial charge < -0.3 is 8.83 Å². The number of hydrogen-bond acceptors (Lipinski definition) is 4. The summed E-state index contributed by atoms with van der Waals surface area (Å²) < 4.78 is 16.3. The van der Waals surface area contributed by atoms with Crippen molar-refractivity contribution >= 4 is 43.9 Å². The molecule has 9 aromatic rings. The van der Waals surface area contributed by atoms with E-state index in [-0.39, 0.29) is 0 Å². The molecule has 0 unspecified atom stereocenters. The lowest BCUT2D eigenvalue weighted by molar-refractivity contribution is 0.668. The van der Waals surface area contributed by atoms with Crippen LogP contribution in [0.4, 0.5) is 0 Å². The molecule has 0 atom stereocenters. The van der Waals surface area contributed by atoms with E-state index in [2.05, 4.69) is 69.8 Å². The molecule has 0 bridgehead atoms. The highest BCUT2D eigenvalue weighted by Crippen LogP contribution is 2.34. The fourth-order valence-corrected chi connectivity index (χ4v) is 5.98. The maximum absolute atomic E-state index is 6.05. The van der Waals surface area contributed by atoms with Crippen molar-refractivity contribution in [3.05, 3.63) is 134 Å². The van der Waals surface area contributed by atoms with Crippen LogP contribution in [0.25, 0.3) is 78.0 Å². The Morgan fingerprint density at radius 3 is 1.43 bits per heavy atom. The van der Waals surface area contributed by atoms with Crippen LogP contribution in [0.5, 0.6) is 0 Å². The smallest absolute Gasteiger partial charge is 0.144 e.